The quantitative estimate of drug-likeness (QED) is 0.228. The highest BCUT2D eigenvalue weighted by Gasteiger charge is 2.69. The van der Waals surface area contributed by atoms with Crippen LogP contribution in [0, 0.1) is 68.0 Å². The van der Waals surface area contributed by atoms with Crippen LogP contribution in [0.15, 0.2) is 11.6 Å². The fraction of sp³-hybridized carbons (Fsp3) is 0.921. The van der Waals surface area contributed by atoms with Crippen LogP contribution >= 0.6 is 0 Å². The number of carbonyl (C=O) groups is 1. The average molecular weight is 615 g/mol. The monoisotopic (exact) mass is 614 g/mol. The maximum atomic E-state index is 13.0. The Bertz CT molecular complexity index is 1180. The van der Waals surface area contributed by atoms with E-state index in [9.17, 15) is 30.3 Å². The van der Waals surface area contributed by atoms with Gasteiger partial charge in [-0.1, -0.05) is 60.1 Å². The molecule has 250 valence electrons. The summed E-state index contributed by atoms with van der Waals surface area (Å²) >= 11 is 0. The molecule has 0 aromatic rings. The Balaban J connectivity index is 1.32. The number of hydrogen-bond donors (Lipinski definition) is 5. The van der Waals surface area contributed by atoms with Crippen LogP contribution in [0.25, 0.3) is 0 Å². The van der Waals surface area contributed by atoms with Crippen LogP contribution in [0.1, 0.15) is 126 Å². The second-order valence-electron chi connectivity index (χ2n) is 18.8. The maximum absolute atomic E-state index is 13.0. The van der Waals surface area contributed by atoms with Crippen LogP contribution in [-0.4, -0.2) is 56.4 Å². The van der Waals surface area contributed by atoms with Crippen molar-refractivity contribution < 1.29 is 30.3 Å². The minimum absolute atomic E-state index is 0.0211. The highest BCUT2D eigenvalue weighted by molar-refractivity contribution is 5.76. The van der Waals surface area contributed by atoms with Crippen LogP contribution in [0.2, 0.25) is 0 Å². The van der Waals surface area contributed by atoms with Gasteiger partial charge in [0.2, 0.25) is 0 Å². The summed E-state index contributed by atoms with van der Waals surface area (Å²) < 4.78 is 0. The number of hydrogen-bond acceptors (Lipinski definition) is 5. The number of rotatable bonds is 4. The lowest BCUT2D eigenvalue weighted by atomic mass is 9.33. The van der Waals surface area contributed by atoms with E-state index in [1.54, 1.807) is 0 Å². The molecule has 0 bridgehead atoms. The van der Waals surface area contributed by atoms with E-state index in [0.717, 1.165) is 70.6 Å². The first-order valence-electron chi connectivity index (χ1n) is 18.0. The molecule has 6 heteroatoms. The molecule has 14 unspecified atom stereocenters. The molecular weight excluding hydrogens is 552 g/mol. The first-order chi connectivity index (χ1) is 20.4. The summed E-state index contributed by atoms with van der Waals surface area (Å²) in [5, 5.41) is 53.7. The summed E-state index contributed by atoms with van der Waals surface area (Å²) in [6, 6.07) is 0. The third kappa shape index (κ3) is 4.35. The smallest absolute Gasteiger partial charge is 0.310 e. The van der Waals surface area contributed by atoms with Crippen LogP contribution < -0.4 is 0 Å². The summed E-state index contributed by atoms with van der Waals surface area (Å²) in [7, 11) is 0. The fourth-order valence-electron chi connectivity index (χ4n) is 13.3. The number of aliphatic hydroxyl groups excluding tert-OH is 4. The molecular formula is C38H62O6. The lowest BCUT2D eigenvalue weighted by molar-refractivity contribution is -0.210. The molecule has 0 radical (unpaired) electrons. The molecule has 0 saturated heterocycles. The van der Waals surface area contributed by atoms with Crippen molar-refractivity contribution in [3.05, 3.63) is 11.6 Å². The molecule has 0 aromatic carbocycles. The van der Waals surface area contributed by atoms with E-state index >= 15 is 0 Å². The highest BCUT2D eigenvalue weighted by Crippen LogP contribution is 2.76. The standard InChI is InChI=1S/C38H62O6/c1-22-18-23(30(41)31(42)29(22)40)19-24-10-12-34(4)27(35(24,5)21-39)11-13-37(7)28(34)9-8-25-26-20-33(2,3)14-16-38(26,32(43)44)17-15-36(25,37)6/h8,22-24,26-31,39-42H,9-21H2,1-7H3,(H,43,44). The Morgan fingerprint density at radius 3 is 2.20 bits per heavy atom. The Hall–Kier alpha value is -0.950. The van der Waals surface area contributed by atoms with Gasteiger partial charge in [-0.15, -0.1) is 0 Å². The van der Waals surface area contributed by atoms with Crippen molar-refractivity contribution in [2.75, 3.05) is 6.61 Å². The van der Waals surface area contributed by atoms with Gasteiger partial charge in [-0.25, -0.2) is 0 Å². The van der Waals surface area contributed by atoms with Gasteiger partial charge in [0.25, 0.3) is 0 Å². The highest BCUT2D eigenvalue weighted by atomic mass is 16.4. The van der Waals surface area contributed by atoms with Crippen molar-refractivity contribution in [1.29, 1.82) is 0 Å². The molecule has 6 aliphatic rings. The number of aliphatic hydroxyl groups is 4. The van der Waals surface area contributed by atoms with Gasteiger partial charge in [-0.3, -0.25) is 4.79 Å². The fourth-order valence-corrected chi connectivity index (χ4v) is 13.3. The van der Waals surface area contributed by atoms with E-state index in [0.29, 0.717) is 18.3 Å². The van der Waals surface area contributed by atoms with Crippen LogP contribution in [0.3, 0.4) is 0 Å². The summed E-state index contributed by atoms with van der Waals surface area (Å²) in [5.41, 5.74) is 0.834. The van der Waals surface area contributed by atoms with Gasteiger partial charge in [0.1, 0.15) is 6.10 Å². The summed E-state index contributed by atoms with van der Waals surface area (Å²) in [5.74, 6) is 0.484. The van der Waals surface area contributed by atoms with E-state index in [1.807, 2.05) is 6.92 Å². The predicted molar refractivity (Wildman–Crippen MR) is 171 cm³/mol. The minimum atomic E-state index is -1.11. The molecule has 0 spiro atoms. The van der Waals surface area contributed by atoms with Crippen LogP contribution in [-0.2, 0) is 4.79 Å². The van der Waals surface area contributed by atoms with E-state index in [-0.39, 0.29) is 57.4 Å². The molecule has 6 nitrogen and oxygen atoms in total. The maximum Gasteiger partial charge on any atom is 0.310 e. The first kappa shape index (κ1) is 33.0. The topological polar surface area (TPSA) is 118 Å². The lowest BCUT2D eigenvalue weighted by Crippen LogP contribution is -2.65. The molecule has 0 aromatic heterocycles. The molecule has 5 saturated carbocycles. The average Bonchev–Trinajstić information content (AvgIpc) is 2.96. The van der Waals surface area contributed by atoms with Crippen molar-refractivity contribution >= 4 is 5.97 Å². The number of aliphatic carboxylic acids is 1. The van der Waals surface area contributed by atoms with Crippen molar-refractivity contribution in [3.8, 4) is 0 Å². The van der Waals surface area contributed by atoms with Crippen molar-refractivity contribution in [1.82, 2.24) is 0 Å². The Kier molecular flexibility index (Phi) is 7.89. The molecule has 6 aliphatic carbocycles. The van der Waals surface area contributed by atoms with E-state index in [1.165, 1.54) is 5.57 Å². The second-order valence-corrected chi connectivity index (χ2v) is 18.8. The van der Waals surface area contributed by atoms with E-state index in [4.69, 9.17) is 0 Å². The Morgan fingerprint density at radius 1 is 0.864 bits per heavy atom. The second kappa shape index (κ2) is 10.5. The molecule has 0 heterocycles. The molecule has 0 amide bonds. The summed E-state index contributed by atoms with van der Waals surface area (Å²) in [6.45, 7) is 16.6. The van der Waals surface area contributed by atoms with Gasteiger partial charge in [0, 0.05) is 6.61 Å². The van der Waals surface area contributed by atoms with Gasteiger partial charge in [0.15, 0.2) is 0 Å². The van der Waals surface area contributed by atoms with Crippen molar-refractivity contribution in [2.45, 2.75) is 144 Å². The largest absolute Gasteiger partial charge is 0.481 e. The van der Waals surface area contributed by atoms with Gasteiger partial charge in [0.05, 0.1) is 17.6 Å². The zero-order valence-electron chi connectivity index (χ0n) is 28.6. The predicted octanol–water partition coefficient (Wildman–Crippen LogP) is 6.59. The molecule has 6 rings (SSSR count). The Morgan fingerprint density at radius 2 is 1.55 bits per heavy atom. The number of carboxylic acid groups (broad SMARTS) is 1. The number of carboxylic acids is 1. The van der Waals surface area contributed by atoms with Crippen molar-refractivity contribution in [2.24, 2.45) is 68.0 Å². The van der Waals surface area contributed by atoms with Crippen LogP contribution in [0.4, 0.5) is 0 Å². The SMILES string of the molecule is CC1CC(CC2CCC3(C)C(CCC4(C)C3CC=C3C5CC(C)(C)CCC5(C(=O)O)CCC34C)C2(C)CO)C(O)C(O)C1O. The van der Waals surface area contributed by atoms with E-state index < -0.39 is 29.7 Å². The molecule has 14 atom stereocenters. The molecule has 5 N–H and O–H groups in total. The normalized spacial score (nSPS) is 55.1. The molecule has 44 heavy (non-hydrogen) atoms. The molecule has 5 fully saturated rings. The summed E-state index contributed by atoms with van der Waals surface area (Å²) in [4.78, 5) is 13.0. The first-order valence-corrected chi connectivity index (χ1v) is 18.0. The van der Waals surface area contributed by atoms with Crippen LogP contribution in [0.5, 0.6) is 0 Å². The third-order valence-electron chi connectivity index (χ3n) is 16.5. The minimum Gasteiger partial charge on any atom is -0.481 e. The Labute approximate surface area is 266 Å². The van der Waals surface area contributed by atoms with Gasteiger partial charge < -0.3 is 25.5 Å². The summed E-state index contributed by atoms with van der Waals surface area (Å²) in [6.07, 6.45) is 10.8. The zero-order valence-corrected chi connectivity index (χ0v) is 28.6. The third-order valence-corrected chi connectivity index (χ3v) is 16.5. The van der Waals surface area contributed by atoms with Gasteiger partial charge in [-0.05, 0) is 140 Å². The number of fused-ring (bicyclic) bond motifs is 7. The van der Waals surface area contributed by atoms with Gasteiger partial charge >= 0.3 is 5.97 Å². The molecule has 0 aliphatic heterocycles. The van der Waals surface area contributed by atoms with E-state index in [2.05, 4.69) is 47.6 Å². The van der Waals surface area contributed by atoms with Crippen molar-refractivity contribution in [3.63, 3.8) is 0 Å². The van der Waals surface area contributed by atoms with Gasteiger partial charge in [-0.2, -0.15) is 0 Å². The lowest BCUT2D eigenvalue weighted by Gasteiger charge is -2.71. The zero-order chi connectivity index (χ0) is 32.3. The number of allylic oxidation sites excluding steroid dienone is 2.